The van der Waals surface area contributed by atoms with Gasteiger partial charge in [-0.25, -0.2) is 0 Å². The smallest absolute Gasteiger partial charge is 0.328 e. The van der Waals surface area contributed by atoms with Gasteiger partial charge in [0.2, 0.25) is 5.56 Å². The van der Waals surface area contributed by atoms with Crippen LogP contribution in [0.3, 0.4) is 0 Å². The number of Topliss-reactive ketones (excluding diaryl/α,β-unsaturated/α-hetero) is 1. The number of aromatic amines is 1. The fourth-order valence-corrected chi connectivity index (χ4v) is 3.10. The van der Waals surface area contributed by atoms with Crippen molar-refractivity contribution in [2.24, 2.45) is 0 Å². The molecule has 3 aromatic rings. The minimum atomic E-state index is -4.78. The lowest BCUT2D eigenvalue weighted by Gasteiger charge is -2.21. The molecule has 162 valence electrons. The molecule has 0 aliphatic heterocycles. The average molecular weight is 440 g/mol. The van der Waals surface area contributed by atoms with E-state index in [4.69, 9.17) is 0 Å². The summed E-state index contributed by atoms with van der Waals surface area (Å²) in [6.45, 7) is 0. The third-order valence-electron chi connectivity index (χ3n) is 4.61. The molecule has 0 aliphatic rings. The molecule has 0 amide bonds. The lowest BCUT2D eigenvalue weighted by Crippen LogP contribution is -2.18. The zero-order valence-electron chi connectivity index (χ0n) is 15.6. The average Bonchev–Trinajstić information content (AvgIpc) is 2.71. The minimum Gasteiger partial charge on any atom is -0.328 e. The van der Waals surface area contributed by atoms with E-state index >= 15 is 0 Å². The lowest BCUT2D eigenvalue weighted by atomic mass is 9.86. The van der Waals surface area contributed by atoms with Crippen LogP contribution in [0.2, 0.25) is 0 Å². The van der Waals surface area contributed by atoms with Gasteiger partial charge in [-0.15, -0.1) is 0 Å². The summed E-state index contributed by atoms with van der Waals surface area (Å²) in [6.07, 6.45) is -7.67. The second-order valence-electron chi connectivity index (χ2n) is 6.68. The van der Waals surface area contributed by atoms with Gasteiger partial charge in [0, 0.05) is 36.4 Å². The van der Waals surface area contributed by atoms with Crippen LogP contribution < -0.4 is 5.56 Å². The monoisotopic (exact) mass is 440 g/mol. The molecule has 2 aromatic heterocycles. The summed E-state index contributed by atoms with van der Waals surface area (Å²) in [6, 6.07) is 7.72. The number of pyridine rings is 2. The van der Waals surface area contributed by atoms with E-state index in [-0.39, 0.29) is 11.1 Å². The molecule has 10 heteroatoms. The molecule has 1 atom stereocenters. The molecular formula is C21H14F6N2O2. The van der Waals surface area contributed by atoms with Crippen LogP contribution >= 0.6 is 0 Å². The maximum Gasteiger partial charge on any atom is 0.418 e. The highest BCUT2D eigenvalue weighted by molar-refractivity contribution is 5.96. The number of hydrogen-bond donors (Lipinski definition) is 1. The maximum atomic E-state index is 13.5. The van der Waals surface area contributed by atoms with E-state index in [9.17, 15) is 35.9 Å². The van der Waals surface area contributed by atoms with Crippen LogP contribution in [0, 0.1) is 0 Å². The molecule has 2 heterocycles. The Bertz CT molecular complexity index is 1110. The molecule has 0 fully saturated rings. The summed E-state index contributed by atoms with van der Waals surface area (Å²) in [4.78, 5) is 30.0. The van der Waals surface area contributed by atoms with Crippen molar-refractivity contribution in [3.63, 3.8) is 0 Å². The van der Waals surface area contributed by atoms with Crippen LogP contribution in [-0.4, -0.2) is 15.8 Å². The van der Waals surface area contributed by atoms with Gasteiger partial charge >= 0.3 is 12.4 Å². The highest BCUT2D eigenvalue weighted by Gasteiger charge is 2.37. The van der Waals surface area contributed by atoms with Crippen LogP contribution in [-0.2, 0) is 12.4 Å². The molecule has 1 aromatic carbocycles. The lowest BCUT2D eigenvalue weighted by molar-refractivity contribution is -0.139. The van der Waals surface area contributed by atoms with Gasteiger partial charge in [0.1, 0.15) is 0 Å². The predicted octanol–water partition coefficient (Wildman–Crippen LogP) is 5.21. The first-order valence-corrected chi connectivity index (χ1v) is 8.88. The van der Waals surface area contributed by atoms with E-state index in [0.29, 0.717) is 0 Å². The molecule has 0 saturated heterocycles. The van der Waals surface area contributed by atoms with Gasteiger partial charge < -0.3 is 4.98 Å². The van der Waals surface area contributed by atoms with Crippen molar-refractivity contribution in [2.75, 3.05) is 0 Å². The first-order chi connectivity index (χ1) is 14.5. The number of H-pyrrole nitrogens is 1. The number of halogens is 6. The number of rotatable bonds is 5. The fourth-order valence-electron chi connectivity index (χ4n) is 3.10. The molecular weight excluding hydrogens is 426 g/mol. The number of carbonyl (C=O) groups is 1. The molecule has 0 radical (unpaired) electrons. The summed E-state index contributed by atoms with van der Waals surface area (Å²) in [5.74, 6) is -1.88. The van der Waals surface area contributed by atoms with Crippen molar-refractivity contribution in [1.29, 1.82) is 0 Å². The van der Waals surface area contributed by atoms with Crippen LogP contribution in [0.1, 0.15) is 45.1 Å². The number of nitrogens with zero attached hydrogens (tertiary/aromatic N) is 1. The van der Waals surface area contributed by atoms with E-state index in [1.165, 1.54) is 6.07 Å². The number of alkyl halides is 6. The Balaban J connectivity index is 2.08. The largest absolute Gasteiger partial charge is 0.418 e. The topological polar surface area (TPSA) is 62.8 Å². The number of carbonyl (C=O) groups excluding carboxylic acids is 1. The Labute approximate surface area is 171 Å². The Kier molecular flexibility index (Phi) is 6.01. The standard InChI is InChI=1S/C21H14F6N2O2/c22-20(23,24)14-6-3-12(4-7-14)15(10-17(30)13-5-8-18(31)29-11-13)19-16(21(25,26)27)2-1-9-28-19/h1-9,11,15H,10H2,(H,29,31)/t15-/m0/s1. The Hall–Kier alpha value is -3.43. The van der Waals surface area contributed by atoms with Gasteiger partial charge in [-0.1, -0.05) is 12.1 Å². The van der Waals surface area contributed by atoms with Crippen LogP contribution in [0.4, 0.5) is 26.3 Å². The number of ketones is 1. The zero-order valence-corrected chi connectivity index (χ0v) is 15.6. The Morgan fingerprint density at radius 1 is 0.935 bits per heavy atom. The molecule has 0 spiro atoms. The van der Waals surface area contributed by atoms with Crippen molar-refractivity contribution in [3.05, 3.63) is 99.2 Å². The van der Waals surface area contributed by atoms with E-state index in [1.807, 2.05) is 0 Å². The van der Waals surface area contributed by atoms with Gasteiger partial charge in [0.15, 0.2) is 5.78 Å². The van der Waals surface area contributed by atoms with Gasteiger partial charge in [-0.05, 0) is 35.9 Å². The van der Waals surface area contributed by atoms with Gasteiger partial charge in [-0.2, -0.15) is 26.3 Å². The van der Waals surface area contributed by atoms with Gasteiger partial charge in [0.25, 0.3) is 0 Å². The molecule has 0 saturated carbocycles. The van der Waals surface area contributed by atoms with E-state index in [1.54, 1.807) is 0 Å². The summed E-state index contributed by atoms with van der Waals surface area (Å²) in [5, 5.41) is 0. The highest BCUT2D eigenvalue weighted by Crippen LogP contribution is 2.39. The molecule has 1 N–H and O–H groups in total. The summed E-state index contributed by atoms with van der Waals surface area (Å²) >= 11 is 0. The zero-order chi connectivity index (χ0) is 22.8. The highest BCUT2D eigenvalue weighted by atomic mass is 19.4. The SMILES string of the molecule is O=C(C[C@@H](c1ccc(C(F)(F)F)cc1)c1ncccc1C(F)(F)F)c1ccc(=O)[nH]c1. The van der Waals surface area contributed by atoms with E-state index in [2.05, 4.69) is 9.97 Å². The third kappa shape index (κ3) is 5.19. The minimum absolute atomic E-state index is 0.0426. The molecule has 3 rings (SSSR count). The van der Waals surface area contributed by atoms with Crippen molar-refractivity contribution in [3.8, 4) is 0 Å². The molecule has 4 nitrogen and oxygen atoms in total. The summed E-state index contributed by atoms with van der Waals surface area (Å²) in [7, 11) is 0. The molecule has 31 heavy (non-hydrogen) atoms. The van der Waals surface area contributed by atoms with Crippen molar-refractivity contribution in [2.45, 2.75) is 24.7 Å². The number of aromatic nitrogens is 2. The first kappa shape index (κ1) is 22.3. The predicted molar refractivity (Wildman–Crippen MR) is 98.5 cm³/mol. The van der Waals surface area contributed by atoms with Crippen molar-refractivity contribution in [1.82, 2.24) is 9.97 Å². The fraction of sp³-hybridized carbons (Fsp3) is 0.190. The molecule has 0 bridgehead atoms. The third-order valence-corrected chi connectivity index (χ3v) is 4.61. The second kappa shape index (κ2) is 8.37. The van der Waals surface area contributed by atoms with Crippen LogP contribution in [0.5, 0.6) is 0 Å². The van der Waals surface area contributed by atoms with E-state index < -0.39 is 52.9 Å². The molecule has 0 unspecified atom stereocenters. The normalized spacial score (nSPS) is 13.1. The quantitative estimate of drug-likeness (QED) is 0.438. The number of nitrogens with one attached hydrogen (secondary N) is 1. The second-order valence-corrected chi connectivity index (χ2v) is 6.68. The summed E-state index contributed by atoms with van der Waals surface area (Å²) < 4.78 is 79.3. The molecule has 0 aliphatic carbocycles. The van der Waals surface area contributed by atoms with Gasteiger partial charge in [0.05, 0.1) is 16.8 Å². The Morgan fingerprint density at radius 3 is 2.16 bits per heavy atom. The maximum absolute atomic E-state index is 13.5. The first-order valence-electron chi connectivity index (χ1n) is 8.88. The van der Waals surface area contributed by atoms with Crippen molar-refractivity contribution >= 4 is 5.78 Å². The number of hydrogen-bond acceptors (Lipinski definition) is 3. The summed E-state index contributed by atoms with van der Waals surface area (Å²) in [5.41, 5.74) is -2.91. The van der Waals surface area contributed by atoms with Gasteiger partial charge in [-0.3, -0.25) is 14.6 Å². The Morgan fingerprint density at radius 2 is 1.61 bits per heavy atom. The van der Waals surface area contributed by atoms with Crippen molar-refractivity contribution < 1.29 is 31.1 Å². The number of benzene rings is 1. The van der Waals surface area contributed by atoms with E-state index in [0.717, 1.165) is 54.9 Å². The van der Waals surface area contributed by atoms with Crippen LogP contribution in [0.15, 0.2) is 65.7 Å². The van der Waals surface area contributed by atoms with Crippen LogP contribution in [0.25, 0.3) is 0 Å².